The first kappa shape index (κ1) is 11.4. The van der Waals surface area contributed by atoms with E-state index in [4.69, 9.17) is 0 Å². The lowest BCUT2D eigenvalue weighted by Crippen LogP contribution is -2.33. The fourth-order valence-corrected chi connectivity index (χ4v) is 2.01. The molecule has 0 radical (unpaired) electrons. The Morgan fingerprint density at radius 1 is 1.00 bits per heavy atom. The topological polar surface area (TPSA) is 54.9 Å². The Morgan fingerprint density at radius 2 is 1.79 bits per heavy atom. The molecule has 1 aromatic heterocycles. The first-order valence-corrected chi connectivity index (χ1v) is 5.67. The van der Waals surface area contributed by atoms with Gasteiger partial charge in [-0.25, -0.2) is 13.8 Å². The maximum absolute atomic E-state index is 13.2. The summed E-state index contributed by atoms with van der Waals surface area (Å²) in [4.78, 5) is 26.8. The zero-order valence-corrected chi connectivity index (χ0v) is 9.76. The van der Waals surface area contributed by atoms with Crippen LogP contribution in [0.3, 0.4) is 0 Å². The van der Waals surface area contributed by atoms with Crippen LogP contribution >= 0.6 is 0 Å². The van der Waals surface area contributed by atoms with E-state index in [1.807, 2.05) is 0 Å². The average Bonchev–Trinajstić information content (AvgIpc) is 2.39. The van der Waals surface area contributed by atoms with Gasteiger partial charge < -0.3 is 4.98 Å². The second-order valence-electron chi connectivity index (χ2n) is 4.10. The van der Waals surface area contributed by atoms with Crippen LogP contribution in [0, 0.1) is 5.82 Å². The third-order valence-electron chi connectivity index (χ3n) is 2.87. The molecule has 0 aliphatic rings. The number of H-pyrrole nitrogens is 1. The van der Waals surface area contributed by atoms with Gasteiger partial charge in [0.25, 0.3) is 5.56 Å². The van der Waals surface area contributed by atoms with E-state index < -0.39 is 17.1 Å². The van der Waals surface area contributed by atoms with Crippen LogP contribution in [0.5, 0.6) is 0 Å². The van der Waals surface area contributed by atoms with Crippen LogP contribution < -0.4 is 11.2 Å². The normalized spacial score (nSPS) is 10.8. The summed E-state index contributed by atoms with van der Waals surface area (Å²) in [6.07, 6.45) is 0. The minimum atomic E-state index is -0.589. The highest BCUT2D eigenvalue weighted by molar-refractivity contribution is 5.77. The number of para-hydroxylation sites is 1. The first-order chi connectivity index (χ1) is 9.16. The number of fused-ring (bicyclic) bond motifs is 1. The highest BCUT2D eigenvalue weighted by atomic mass is 19.1. The maximum Gasteiger partial charge on any atom is 0.333 e. The van der Waals surface area contributed by atoms with Crippen LogP contribution in [0.25, 0.3) is 16.6 Å². The molecule has 0 amide bonds. The summed E-state index contributed by atoms with van der Waals surface area (Å²) in [5.41, 5.74) is -0.388. The number of nitrogens with one attached hydrogen (secondary N) is 1. The summed E-state index contributed by atoms with van der Waals surface area (Å²) in [5, 5.41) is 0.381. The molecule has 94 valence electrons. The molecule has 2 aromatic carbocycles. The average molecular weight is 256 g/mol. The third-order valence-corrected chi connectivity index (χ3v) is 2.87. The van der Waals surface area contributed by atoms with Gasteiger partial charge in [-0.1, -0.05) is 18.2 Å². The minimum Gasteiger partial charge on any atom is -0.306 e. The van der Waals surface area contributed by atoms with Gasteiger partial charge in [-0.05, 0) is 30.3 Å². The second-order valence-corrected chi connectivity index (χ2v) is 4.10. The standard InChI is InChI=1S/C14H9FN2O2/c15-9-4-3-5-10(8-9)17-13(18)11-6-1-2-7-12(11)16-14(17)19/h1-8H,(H,16,19). The number of hydrogen-bond acceptors (Lipinski definition) is 2. The molecule has 1 heterocycles. The number of benzene rings is 2. The molecular weight excluding hydrogens is 247 g/mol. The fraction of sp³-hybridized carbons (Fsp3) is 0. The van der Waals surface area contributed by atoms with Gasteiger partial charge in [0.1, 0.15) is 5.82 Å². The predicted molar refractivity (Wildman–Crippen MR) is 70.1 cm³/mol. The molecule has 1 N–H and O–H groups in total. The molecule has 0 aliphatic heterocycles. The van der Waals surface area contributed by atoms with Crippen molar-refractivity contribution in [3.8, 4) is 5.69 Å². The molecule has 0 bridgehead atoms. The van der Waals surface area contributed by atoms with E-state index in [2.05, 4.69) is 4.98 Å². The molecule has 4 nitrogen and oxygen atoms in total. The molecule has 0 fully saturated rings. The Bertz CT molecular complexity index is 880. The molecule has 5 heteroatoms. The molecule has 0 unspecified atom stereocenters. The first-order valence-electron chi connectivity index (χ1n) is 5.67. The van der Waals surface area contributed by atoms with Gasteiger partial charge in [-0.3, -0.25) is 4.79 Å². The van der Waals surface area contributed by atoms with Crippen molar-refractivity contribution in [2.75, 3.05) is 0 Å². The Kier molecular flexibility index (Phi) is 2.52. The molecule has 0 saturated heterocycles. The van der Waals surface area contributed by atoms with Gasteiger partial charge in [0.15, 0.2) is 0 Å². The van der Waals surface area contributed by atoms with Crippen LogP contribution in [-0.2, 0) is 0 Å². The summed E-state index contributed by atoms with van der Waals surface area (Å²) in [5.74, 6) is -0.503. The van der Waals surface area contributed by atoms with Gasteiger partial charge in [0, 0.05) is 0 Å². The van der Waals surface area contributed by atoms with E-state index in [-0.39, 0.29) is 5.69 Å². The van der Waals surface area contributed by atoms with Gasteiger partial charge in [0.2, 0.25) is 0 Å². The van der Waals surface area contributed by atoms with Gasteiger partial charge >= 0.3 is 5.69 Å². The van der Waals surface area contributed by atoms with E-state index >= 15 is 0 Å². The summed E-state index contributed by atoms with van der Waals surface area (Å²) in [6, 6.07) is 12.1. The van der Waals surface area contributed by atoms with Crippen molar-refractivity contribution >= 4 is 10.9 Å². The molecular formula is C14H9FN2O2. The maximum atomic E-state index is 13.2. The Morgan fingerprint density at radius 3 is 2.58 bits per heavy atom. The Hall–Kier alpha value is -2.69. The highest BCUT2D eigenvalue weighted by Crippen LogP contribution is 2.08. The van der Waals surface area contributed by atoms with Gasteiger partial charge in [-0.15, -0.1) is 0 Å². The van der Waals surface area contributed by atoms with Crippen molar-refractivity contribution in [3.63, 3.8) is 0 Å². The van der Waals surface area contributed by atoms with Crippen LogP contribution in [-0.4, -0.2) is 9.55 Å². The number of nitrogens with zero attached hydrogens (tertiary/aromatic N) is 1. The Balaban J connectivity index is 2.42. The number of aromatic amines is 1. The van der Waals surface area contributed by atoms with E-state index in [0.717, 1.165) is 10.6 Å². The van der Waals surface area contributed by atoms with E-state index in [1.54, 1.807) is 24.3 Å². The van der Waals surface area contributed by atoms with Crippen molar-refractivity contribution in [1.29, 1.82) is 0 Å². The SMILES string of the molecule is O=c1[nH]c2ccccc2c(=O)n1-c1cccc(F)c1. The molecule has 0 aliphatic carbocycles. The van der Waals surface area contributed by atoms with Crippen LogP contribution in [0.15, 0.2) is 58.1 Å². The van der Waals surface area contributed by atoms with Crippen LogP contribution in [0.2, 0.25) is 0 Å². The van der Waals surface area contributed by atoms with Crippen molar-refractivity contribution in [1.82, 2.24) is 9.55 Å². The molecule has 0 saturated carbocycles. The van der Waals surface area contributed by atoms with Crippen molar-refractivity contribution in [3.05, 3.63) is 75.2 Å². The summed E-state index contributed by atoms with van der Waals surface area (Å²) in [7, 11) is 0. The molecule has 0 spiro atoms. The number of aromatic nitrogens is 2. The molecule has 3 rings (SSSR count). The lowest BCUT2D eigenvalue weighted by atomic mass is 10.2. The minimum absolute atomic E-state index is 0.206. The van der Waals surface area contributed by atoms with E-state index in [0.29, 0.717) is 10.9 Å². The Labute approximate surface area is 106 Å². The van der Waals surface area contributed by atoms with E-state index in [9.17, 15) is 14.0 Å². The third kappa shape index (κ3) is 1.85. The lowest BCUT2D eigenvalue weighted by Gasteiger charge is -2.06. The van der Waals surface area contributed by atoms with Crippen LogP contribution in [0.4, 0.5) is 4.39 Å². The summed E-state index contributed by atoms with van der Waals surface area (Å²) < 4.78 is 14.1. The van der Waals surface area contributed by atoms with Crippen molar-refractivity contribution < 1.29 is 4.39 Å². The smallest absolute Gasteiger partial charge is 0.306 e. The fourth-order valence-electron chi connectivity index (χ4n) is 2.01. The highest BCUT2D eigenvalue weighted by Gasteiger charge is 2.09. The number of rotatable bonds is 1. The van der Waals surface area contributed by atoms with Crippen LogP contribution in [0.1, 0.15) is 0 Å². The lowest BCUT2D eigenvalue weighted by molar-refractivity contribution is 0.626. The summed E-state index contributed by atoms with van der Waals surface area (Å²) in [6.45, 7) is 0. The molecule has 19 heavy (non-hydrogen) atoms. The van der Waals surface area contributed by atoms with Gasteiger partial charge in [0.05, 0.1) is 16.6 Å². The second kappa shape index (κ2) is 4.20. The van der Waals surface area contributed by atoms with Crippen molar-refractivity contribution in [2.24, 2.45) is 0 Å². The number of halogens is 1. The predicted octanol–water partition coefficient (Wildman–Crippen LogP) is 1.82. The summed E-state index contributed by atoms with van der Waals surface area (Å²) >= 11 is 0. The monoisotopic (exact) mass is 256 g/mol. The van der Waals surface area contributed by atoms with Gasteiger partial charge in [-0.2, -0.15) is 0 Å². The zero-order chi connectivity index (χ0) is 13.4. The number of hydrogen-bond donors (Lipinski definition) is 1. The quantitative estimate of drug-likeness (QED) is 0.722. The molecule has 3 aromatic rings. The molecule has 0 atom stereocenters. The largest absolute Gasteiger partial charge is 0.333 e. The van der Waals surface area contributed by atoms with E-state index in [1.165, 1.54) is 18.2 Å². The zero-order valence-electron chi connectivity index (χ0n) is 9.76. The van der Waals surface area contributed by atoms with Crippen molar-refractivity contribution in [2.45, 2.75) is 0 Å².